The number of hydrogen-bond donors (Lipinski definition) is 1. The second kappa shape index (κ2) is 9.29. The van der Waals surface area contributed by atoms with E-state index in [1.165, 1.54) is 11.9 Å². The predicted molar refractivity (Wildman–Crippen MR) is 101 cm³/mol. The molecule has 0 unspecified atom stereocenters. The van der Waals surface area contributed by atoms with Crippen LogP contribution in [0.5, 0.6) is 0 Å². The first-order valence-corrected chi connectivity index (χ1v) is 9.14. The van der Waals surface area contributed by atoms with E-state index in [4.69, 9.17) is 4.74 Å². The van der Waals surface area contributed by atoms with Crippen LogP contribution in [0.15, 0.2) is 42.7 Å². The number of anilines is 1. The number of nitrogens with zero attached hydrogens (tertiary/aromatic N) is 3. The number of piperidine rings is 1. The van der Waals surface area contributed by atoms with Crippen molar-refractivity contribution in [2.45, 2.75) is 19.3 Å². The molecule has 0 bridgehead atoms. The Bertz CT molecular complexity index is 700. The van der Waals surface area contributed by atoms with Crippen molar-refractivity contribution in [3.8, 4) is 0 Å². The van der Waals surface area contributed by atoms with Gasteiger partial charge in [0.05, 0.1) is 6.61 Å². The topological polar surface area (TPSA) is 67.3 Å². The quantitative estimate of drug-likeness (QED) is 0.774. The first-order valence-electron chi connectivity index (χ1n) is 9.14. The van der Waals surface area contributed by atoms with Crippen LogP contribution in [0.2, 0.25) is 0 Å². The summed E-state index contributed by atoms with van der Waals surface area (Å²) in [6, 6.07) is 12.3. The van der Waals surface area contributed by atoms with Gasteiger partial charge in [0.2, 0.25) is 0 Å². The molecule has 1 aromatic heterocycles. The van der Waals surface area contributed by atoms with Crippen LogP contribution in [-0.4, -0.2) is 54.1 Å². The van der Waals surface area contributed by atoms with Crippen molar-refractivity contribution in [3.63, 3.8) is 0 Å². The normalized spacial score (nSPS) is 15.0. The minimum Gasteiger partial charge on any atom is -0.383 e. The van der Waals surface area contributed by atoms with Gasteiger partial charge >= 0.3 is 0 Å². The maximum absolute atomic E-state index is 12.7. The number of nitrogens with one attached hydrogen (secondary N) is 1. The second-order valence-corrected chi connectivity index (χ2v) is 6.63. The van der Waals surface area contributed by atoms with Gasteiger partial charge in [-0.15, -0.1) is 0 Å². The molecule has 6 heteroatoms. The molecule has 0 saturated carbocycles. The van der Waals surface area contributed by atoms with Gasteiger partial charge < -0.3 is 15.0 Å². The van der Waals surface area contributed by atoms with Crippen LogP contribution in [0.3, 0.4) is 0 Å². The van der Waals surface area contributed by atoms with Gasteiger partial charge in [-0.3, -0.25) is 4.79 Å². The summed E-state index contributed by atoms with van der Waals surface area (Å²) in [7, 11) is 1.65. The van der Waals surface area contributed by atoms with Gasteiger partial charge in [0.25, 0.3) is 5.91 Å². The highest BCUT2D eigenvalue weighted by molar-refractivity contribution is 5.92. The van der Waals surface area contributed by atoms with E-state index in [0.29, 0.717) is 30.6 Å². The highest BCUT2D eigenvalue weighted by atomic mass is 16.5. The number of benzene rings is 1. The highest BCUT2D eigenvalue weighted by Crippen LogP contribution is 2.22. The smallest absolute Gasteiger partial charge is 0.272 e. The molecule has 26 heavy (non-hydrogen) atoms. The summed E-state index contributed by atoms with van der Waals surface area (Å²) in [5.41, 5.74) is 1.82. The summed E-state index contributed by atoms with van der Waals surface area (Å²) < 4.78 is 5.01. The lowest BCUT2D eigenvalue weighted by molar-refractivity contribution is 0.0684. The average molecular weight is 354 g/mol. The minimum absolute atomic E-state index is 0.0136. The molecule has 1 amide bonds. The van der Waals surface area contributed by atoms with Gasteiger partial charge in [0.15, 0.2) is 0 Å². The molecule has 0 radical (unpaired) electrons. The Morgan fingerprint density at radius 1 is 1.23 bits per heavy atom. The van der Waals surface area contributed by atoms with Gasteiger partial charge in [0.1, 0.15) is 17.8 Å². The molecule has 1 N–H and O–H groups in total. The zero-order valence-electron chi connectivity index (χ0n) is 15.2. The van der Waals surface area contributed by atoms with E-state index < -0.39 is 0 Å². The van der Waals surface area contributed by atoms with E-state index >= 15 is 0 Å². The second-order valence-electron chi connectivity index (χ2n) is 6.63. The summed E-state index contributed by atoms with van der Waals surface area (Å²) in [4.78, 5) is 22.9. The van der Waals surface area contributed by atoms with Crippen molar-refractivity contribution in [1.82, 2.24) is 14.9 Å². The van der Waals surface area contributed by atoms with E-state index in [1.54, 1.807) is 13.2 Å². The molecule has 1 aromatic carbocycles. The zero-order valence-corrected chi connectivity index (χ0v) is 15.2. The fraction of sp³-hybridized carbons (Fsp3) is 0.450. The minimum atomic E-state index is -0.0136. The van der Waals surface area contributed by atoms with E-state index in [9.17, 15) is 4.79 Å². The van der Waals surface area contributed by atoms with Crippen molar-refractivity contribution in [2.24, 2.45) is 5.92 Å². The first-order chi connectivity index (χ1) is 12.8. The summed E-state index contributed by atoms with van der Waals surface area (Å²) in [5, 5.41) is 3.13. The van der Waals surface area contributed by atoms with E-state index in [1.807, 2.05) is 11.0 Å². The van der Waals surface area contributed by atoms with E-state index in [0.717, 1.165) is 32.4 Å². The Labute approximate surface area is 154 Å². The molecule has 3 rings (SSSR count). The average Bonchev–Trinajstić information content (AvgIpc) is 2.69. The number of hydrogen-bond acceptors (Lipinski definition) is 5. The molecule has 1 aliphatic heterocycles. The number of ether oxygens (including phenoxy) is 1. The number of rotatable bonds is 7. The molecule has 0 aliphatic carbocycles. The molecule has 1 aliphatic rings. The highest BCUT2D eigenvalue weighted by Gasteiger charge is 2.24. The van der Waals surface area contributed by atoms with Crippen LogP contribution < -0.4 is 5.32 Å². The van der Waals surface area contributed by atoms with Gasteiger partial charge in [-0.25, -0.2) is 9.97 Å². The zero-order chi connectivity index (χ0) is 18.2. The fourth-order valence-corrected chi connectivity index (χ4v) is 3.30. The van der Waals surface area contributed by atoms with Crippen molar-refractivity contribution in [1.29, 1.82) is 0 Å². The molecule has 6 nitrogen and oxygen atoms in total. The van der Waals surface area contributed by atoms with E-state index in [-0.39, 0.29) is 5.91 Å². The summed E-state index contributed by atoms with van der Waals surface area (Å²) in [6.45, 7) is 2.80. The number of amides is 1. The first kappa shape index (κ1) is 18.3. The Kier molecular flexibility index (Phi) is 6.55. The Hall–Kier alpha value is -2.47. The summed E-state index contributed by atoms with van der Waals surface area (Å²) in [6.07, 6.45) is 4.59. The molecular formula is C20H26N4O2. The molecule has 1 saturated heterocycles. The van der Waals surface area contributed by atoms with E-state index in [2.05, 4.69) is 39.6 Å². The Balaban J connectivity index is 1.52. The molecule has 2 aromatic rings. The SMILES string of the molecule is COCCNc1cc(C(=O)N2CCC(Cc3ccccc3)CC2)ncn1. The molecule has 138 valence electrons. The summed E-state index contributed by atoms with van der Waals surface area (Å²) >= 11 is 0. The third-order valence-corrected chi connectivity index (χ3v) is 4.77. The molecule has 0 atom stereocenters. The number of carbonyl (C=O) groups is 1. The van der Waals surface area contributed by atoms with Crippen LogP contribution >= 0.6 is 0 Å². The number of aromatic nitrogens is 2. The molecule has 1 fully saturated rings. The third-order valence-electron chi connectivity index (χ3n) is 4.77. The van der Waals surface area contributed by atoms with Crippen molar-refractivity contribution < 1.29 is 9.53 Å². The lowest BCUT2D eigenvalue weighted by Crippen LogP contribution is -2.39. The van der Waals surface area contributed by atoms with Gasteiger partial charge in [-0.2, -0.15) is 0 Å². The Morgan fingerprint density at radius 3 is 2.73 bits per heavy atom. The van der Waals surface area contributed by atoms with Crippen LogP contribution in [0.4, 0.5) is 5.82 Å². The van der Waals surface area contributed by atoms with Crippen molar-refractivity contribution in [3.05, 3.63) is 54.0 Å². The lowest BCUT2D eigenvalue weighted by atomic mass is 9.90. The standard InChI is InChI=1S/C20H26N4O2/c1-26-12-9-21-19-14-18(22-15-23-19)20(25)24-10-7-17(8-11-24)13-16-5-3-2-4-6-16/h2-6,14-15,17H,7-13H2,1H3,(H,21,22,23). The van der Waals surface area contributed by atoms with Crippen molar-refractivity contribution >= 4 is 11.7 Å². The number of carbonyl (C=O) groups excluding carboxylic acids is 1. The summed E-state index contributed by atoms with van der Waals surface area (Å²) in [5.74, 6) is 1.28. The maximum Gasteiger partial charge on any atom is 0.272 e. The van der Waals surface area contributed by atoms with Crippen LogP contribution in [0.25, 0.3) is 0 Å². The largest absolute Gasteiger partial charge is 0.383 e. The lowest BCUT2D eigenvalue weighted by Gasteiger charge is -2.32. The molecule has 2 heterocycles. The van der Waals surface area contributed by atoms with Gasteiger partial charge in [0, 0.05) is 32.8 Å². The fourth-order valence-electron chi connectivity index (χ4n) is 3.30. The predicted octanol–water partition coefficient (Wildman–Crippen LogP) is 2.63. The molecular weight excluding hydrogens is 328 g/mol. The Morgan fingerprint density at radius 2 is 2.00 bits per heavy atom. The molecule has 0 spiro atoms. The van der Waals surface area contributed by atoms with Gasteiger partial charge in [-0.1, -0.05) is 30.3 Å². The third kappa shape index (κ3) is 5.02. The maximum atomic E-state index is 12.7. The monoisotopic (exact) mass is 354 g/mol. The van der Waals surface area contributed by atoms with Crippen LogP contribution in [0.1, 0.15) is 28.9 Å². The van der Waals surface area contributed by atoms with Crippen molar-refractivity contribution in [2.75, 3.05) is 38.7 Å². The van der Waals surface area contributed by atoms with Gasteiger partial charge in [-0.05, 0) is 30.7 Å². The number of likely N-dealkylation sites (tertiary alicyclic amines) is 1. The number of methoxy groups -OCH3 is 1. The van der Waals surface area contributed by atoms with Crippen LogP contribution in [0, 0.1) is 5.92 Å². The van der Waals surface area contributed by atoms with Crippen LogP contribution in [-0.2, 0) is 11.2 Å².